The summed E-state index contributed by atoms with van der Waals surface area (Å²) in [6.45, 7) is 0. The van der Waals surface area contributed by atoms with E-state index >= 15 is 0 Å². The molecule has 1 heterocycles. The molecule has 0 atom stereocenters. The lowest BCUT2D eigenvalue weighted by Crippen LogP contribution is -2.02. The first-order valence-corrected chi connectivity index (χ1v) is 5.90. The van der Waals surface area contributed by atoms with Crippen molar-refractivity contribution < 1.29 is 17.2 Å². The van der Waals surface area contributed by atoms with Crippen molar-refractivity contribution in [3.63, 3.8) is 0 Å². The Bertz CT molecular complexity index is 449. The van der Waals surface area contributed by atoms with Crippen LogP contribution < -0.4 is 0 Å². The predicted octanol–water partition coefficient (Wildman–Crippen LogP) is 2.60. The van der Waals surface area contributed by atoms with Crippen LogP contribution in [0.1, 0.15) is 12.0 Å². The Kier molecular flexibility index (Phi) is 3.28. The van der Waals surface area contributed by atoms with E-state index < -0.39 is 26.1 Å². The molecule has 0 saturated carbocycles. The van der Waals surface area contributed by atoms with Crippen LogP contribution in [0.2, 0.25) is 5.02 Å². The molecule has 0 amide bonds. The zero-order valence-corrected chi connectivity index (χ0v) is 8.74. The summed E-state index contributed by atoms with van der Waals surface area (Å²) < 4.78 is 46.4. The Morgan fingerprint density at radius 3 is 2.36 bits per heavy atom. The highest BCUT2D eigenvalue weighted by molar-refractivity contribution is 8.13. The number of halogens is 4. The fourth-order valence-corrected chi connectivity index (χ4v) is 2.13. The van der Waals surface area contributed by atoms with Gasteiger partial charge in [0.25, 0.3) is 15.5 Å². The second-order valence-electron chi connectivity index (χ2n) is 2.25. The average Bonchev–Trinajstić information content (AvgIpc) is 2.01. The summed E-state index contributed by atoms with van der Waals surface area (Å²) in [4.78, 5) is 3.25. The van der Waals surface area contributed by atoms with Crippen LogP contribution in [0.15, 0.2) is 17.3 Å². The fourth-order valence-electron chi connectivity index (χ4n) is 0.824. The number of hydrogen-bond acceptors (Lipinski definition) is 3. The quantitative estimate of drug-likeness (QED) is 0.769. The molecule has 0 aliphatic carbocycles. The van der Waals surface area contributed by atoms with Gasteiger partial charge in [-0.1, -0.05) is 11.6 Å². The maximum Gasteiger partial charge on any atom is 0.279 e. The largest absolute Gasteiger partial charge is 0.279 e. The van der Waals surface area contributed by atoms with Gasteiger partial charge >= 0.3 is 0 Å². The number of rotatable bonds is 2. The molecule has 14 heavy (non-hydrogen) atoms. The highest BCUT2D eigenvalue weighted by Gasteiger charge is 2.25. The number of hydrogen-bond donors (Lipinski definition) is 0. The van der Waals surface area contributed by atoms with Gasteiger partial charge in [0.15, 0.2) is 5.03 Å². The molecule has 0 radical (unpaired) electrons. The molecule has 8 heteroatoms. The zero-order chi connectivity index (χ0) is 10.9. The summed E-state index contributed by atoms with van der Waals surface area (Å²) in [5.41, 5.74) is -0.871. The van der Waals surface area contributed by atoms with Crippen LogP contribution >= 0.6 is 22.3 Å². The Hall–Kier alpha value is -0.460. The minimum Gasteiger partial charge on any atom is -0.243 e. The van der Waals surface area contributed by atoms with E-state index in [-0.39, 0.29) is 5.02 Å². The highest BCUT2D eigenvalue weighted by atomic mass is 35.7. The maximum atomic E-state index is 12.4. The van der Waals surface area contributed by atoms with Crippen LogP contribution in [0.5, 0.6) is 0 Å². The second kappa shape index (κ2) is 3.96. The maximum absolute atomic E-state index is 12.4. The first kappa shape index (κ1) is 11.6. The van der Waals surface area contributed by atoms with E-state index in [0.29, 0.717) is 0 Å². The Balaban J connectivity index is 3.52. The van der Waals surface area contributed by atoms with E-state index in [2.05, 4.69) is 4.98 Å². The van der Waals surface area contributed by atoms with Crippen molar-refractivity contribution >= 4 is 31.3 Å². The molecule has 1 aromatic heterocycles. The monoisotopic (exact) mass is 261 g/mol. The average molecular weight is 262 g/mol. The molecule has 3 nitrogen and oxygen atoms in total. The molecule has 1 rings (SSSR count). The Morgan fingerprint density at radius 1 is 1.43 bits per heavy atom. The van der Waals surface area contributed by atoms with Crippen molar-refractivity contribution in [1.82, 2.24) is 4.98 Å². The second-order valence-corrected chi connectivity index (χ2v) is 5.14. The van der Waals surface area contributed by atoms with Gasteiger partial charge in [-0.3, -0.25) is 0 Å². The van der Waals surface area contributed by atoms with E-state index in [0.717, 1.165) is 12.3 Å². The minimum atomic E-state index is -4.30. The Morgan fingerprint density at radius 2 is 2.00 bits per heavy atom. The summed E-state index contributed by atoms with van der Waals surface area (Å²) in [5, 5.41) is -1.28. The smallest absolute Gasteiger partial charge is 0.243 e. The van der Waals surface area contributed by atoms with E-state index in [1.165, 1.54) is 0 Å². The van der Waals surface area contributed by atoms with Crippen molar-refractivity contribution in [1.29, 1.82) is 0 Å². The normalized spacial score (nSPS) is 12.1. The third kappa shape index (κ3) is 2.31. The van der Waals surface area contributed by atoms with Crippen LogP contribution in [0, 0.1) is 0 Å². The fraction of sp³-hybridized carbons (Fsp3) is 0.167. The van der Waals surface area contributed by atoms with Gasteiger partial charge < -0.3 is 0 Å². The van der Waals surface area contributed by atoms with E-state index in [1.54, 1.807) is 0 Å². The van der Waals surface area contributed by atoms with Crippen molar-refractivity contribution in [3.05, 3.63) is 22.8 Å². The van der Waals surface area contributed by atoms with Gasteiger partial charge in [0, 0.05) is 16.9 Å². The van der Waals surface area contributed by atoms with E-state index in [1.807, 2.05) is 0 Å². The highest BCUT2D eigenvalue weighted by Crippen LogP contribution is 2.32. The number of aromatic nitrogens is 1. The molecule has 0 aliphatic rings. The van der Waals surface area contributed by atoms with Crippen molar-refractivity contribution in [2.24, 2.45) is 0 Å². The van der Waals surface area contributed by atoms with Crippen LogP contribution in [0.3, 0.4) is 0 Å². The molecular weight excluding hydrogens is 259 g/mol. The molecule has 0 N–H and O–H groups in total. The van der Waals surface area contributed by atoms with E-state index in [4.69, 9.17) is 22.3 Å². The summed E-state index contributed by atoms with van der Waals surface area (Å²) in [6, 6.07) is 1.06. The molecule has 0 spiro atoms. The third-order valence-electron chi connectivity index (χ3n) is 1.35. The lowest BCUT2D eigenvalue weighted by Gasteiger charge is -2.05. The molecule has 0 fully saturated rings. The van der Waals surface area contributed by atoms with Crippen LogP contribution in [0.25, 0.3) is 0 Å². The third-order valence-corrected chi connectivity index (χ3v) is 2.90. The van der Waals surface area contributed by atoms with Crippen molar-refractivity contribution in [3.8, 4) is 0 Å². The van der Waals surface area contributed by atoms with Crippen molar-refractivity contribution in [2.75, 3.05) is 0 Å². The van der Waals surface area contributed by atoms with Gasteiger partial charge in [0.05, 0.1) is 10.6 Å². The van der Waals surface area contributed by atoms with Gasteiger partial charge in [-0.05, 0) is 6.07 Å². The SMILES string of the molecule is O=S(=O)(Cl)c1nccc(Cl)c1C(F)F. The molecular formula is C6H3Cl2F2NO2S. The molecule has 78 valence electrons. The first-order valence-electron chi connectivity index (χ1n) is 3.21. The lowest BCUT2D eigenvalue weighted by molar-refractivity contribution is 0.147. The van der Waals surface area contributed by atoms with E-state index in [9.17, 15) is 17.2 Å². The van der Waals surface area contributed by atoms with Crippen molar-refractivity contribution in [2.45, 2.75) is 11.5 Å². The zero-order valence-electron chi connectivity index (χ0n) is 6.42. The molecule has 0 bridgehead atoms. The topological polar surface area (TPSA) is 47.0 Å². The minimum absolute atomic E-state index is 0.380. The number of alkyl halides is 2. The van der Waals surface area contributed by atoms with Gasteiger partial charge in [-0.2, -0.15) is 0 Å². The molecule has 0 aromatic carbocycles. The Labute approximate surface area is 88.1 Å². The standard InChI is InChI=1S/C6H3Cl2F2NO2S/c7-3-1-2-11-6(14(8,12)13)4(3)5(9)10/h1-2,5H. The van der Waals surface area contributed by atoms with Gasteiger partial charge in [0.2, 0.25) is 0 Å². The van der Waals surface area contributed by atoms with Gasteiger partial charge in [0.1, 0.15) is 0 Å². The van der Waals surface area contributed by atoms with Crippen LogP contribution in [0.4, 0.5) is 8.78 Å². The molecule has 0 saturated heterocycles. The summed E-state index contributed by atoms with van der Waals surface area (Å²) in [6.07, 6.45) is -2.05. The number of pyridine rings is 1. The van der Waals surface area contributed by atoms with Crippen LogP contribution in [-0.4, -0.2) is 13.4 Å². The predicted molar refractivity (Wildman–Crippen MR) is 47.2 cm³/mol. The first-order chi connectivity index (χ1) is 6.34. The van der Waals surface area contributed by atoms with Gasteiger partial charge in [-0.25, -0.2) is 22.2 Å². The molecule has 0 unspecified atom stereocenters. The van der Waals surface area contributed by atoms with Gasteiger partial charge in [-0.15, -0.1) is 0 Å². The number of nitrogens with zero attached hydrogens (tertiary/aromatic N) is 1. The van der Waals surface area contributed by atoms with Crippen LogP contribution in [-0.2, 0) is 9.05 Å². The summed E-state index contributed by atoms with van der Waals surface area (Å²) >= 11 is 5.39. The lowest BCUT2D eigenvalue weighted by atomic mass is 10.3. The summed E-state index contributed by atoms with van der Waals surface area (Å²) in [7, 11) is 0.593. The molecule has 0 aliphatic heterocycles. The summed E-state index contributed by atoms with van der Waals surface area (Å²) in [5.74, 6) is 0. The molecule has 1 aromatic rings.